The van der Waals surface area contributed by atoms with Gasteiger partial charge in [-0.1, -0.05) is 0 Å². The lowest BCUT2D eigenvalue weighted by Gasteiger charge is -2.10. The maximum Gasteiger partial charge on any atom is 0.267 e. The molecule has 0 fully saturated rings. The number of amides is 1. The molecule has 0 aliphatic rings. The molecule has 4 aromatic rings. The van der Waals surface area contributed by atoms with Gasteiger partial charge in [0, 0.05) is 29.8 Å². The lowest BCUT2D eigenvalue weighted by Crippen LogP contribution is -2.36. The van der Waals surface area contributed by atoms with Crippen LogP contribution in [0.4, 0.5) is 0 Å². The van der Waals surface area contributed by atoms with Crippen molar-refractivity contribution >= 4 is 5.91 Å². The van der Waals surface area contributed by atoms with Gasteiger partial charge in [-0.05, 0) is 67.6 Å². The summed E-state index contributed by atoms with van der Waals surface area (Å²) in [4.78, 5) is 37.0. The Kier molecular flexibility index (Phi) is 8.09. The number of nitrogens with one attached hydrogen (secondary N) is 1. The van der Waals surface area contributed by atoms with Gasteiger partial charge in [0.05, 0.1) is 31.6 Å². The van der Waals surface area contributed by atoms with E-state index in [4.69, 9.17) is 9.47 Å². The van der Waals surface area contributed by atoms with E-state index in [1.54, 1.807) is 31.4 Å². The Morgan fingerprint density at radius 3 is 1.89 bits per heavy atom. The van der Waals surface area contributed by atoms with Gasteiger partial charge in [-0.3, -0.25) is 14.4 Å². The second kappa shape index (κ2) is 11.8. The average molecular weight is 502 g/mol. The van der Waals surface area contributed by atoms with Crippen LogP contribution in [0, 0.1) is 0 Å². The fourth-order valence-electron chi connectivity index (χ4n) is 3.62. The summed E-state index contributed by atoms with van der Waals surface area (Å²) >= 11 is 0. The molecule has 0 aliphatic carbocycles. The van der Waals surface area contributed by atoms with Crippen molar-refractivity contribution in [2.24, 2.45) is 0 Å². The Balaban J connectivity index is 1.38. The first-order valence-electron chi connectivity index (χ1n) is 11.8. The predicted octanol–water partition coefficient (Wildman–Crippen LogP) is 2.36. The quantitative estimate of drug-likeness (QED) is 0.354. The van der Waals surface area contributed by atoms with E-state index in [2.05, 4.69) is 15.5 Å². The van der Waals surface area contributed by atoms with E-state index in [0.29, 0.717) is 23.7 Å². The number of carbonyl (C=O) groups is 1. The molecule has 0 radical (unpaired) electrons. The fraction of sp³-hybridized carbons (Fsp3) is 0.222. The van der Waals surface area contributed by atoms with Gasteiger partial charge in [0.25, 0.3) is 11.1 Å². The van der Waals surface area contributed by atoms with Crippen molar-refractivity contribution in [1.82, 2.24) is 24.9 Å². The average Bonchev–Trinajstić information content (AvgIpc) is 2.92. The molecule has 10 heteroatoms. The largest absolute Gasteiger partial charge is 0.497 e. The number of ether oxygens (including phenoxy) is 2. The Hall–Kier alpha value is -4.73. The van der Waals surface area contributed by atoms with Crippen molar-refractivity contribution in [3.8, 4) is 34.0 Å². The molecule has 0 saturated carbocycles. The van der Waals surface area contributed by atoms with Gasteiger partial charge in [-0.15, -0.1) is 0 Å². The first kappa shape index (κ1) is 25.4. The predicted molar refractivity (Wildman–Crippen MR) is 139 cm³/mol. The second-order valence-corrected chi connectivity index (χ2v) is 8.03. The van der Waals surface area contributed by atoms with E-state index in [9.17, 15) is 14.4 Å². The summed E-state index contributed by atoms with van der Waals surface area (Å²) in [7, 11) is 1.58. The SMILES string of the molecule is CCOc1ccc(-c2ccc(=O)n(CCNC(=O)Cn3nc(-c4ccc(OC)cc4)ccc3=O)n2)cc1. The summed E-state index contributed by atoms with van der Waals surface area (Å²) in [5.74, 6) is 1.05. The van der Waals surface area contributed by atoms with E-state index in [0.717, 1.165) is 21.6 Å². The van der Waals surface area contributed by atoms with Crippen LogP contribution >= 0.6 is 0 Å². The molecule has 2 aromatic carbocycles. The number of carbonyl (C=O) groups excluding carboxylic acids is 1. The molecule has 0 saturated heterocycles. The van der Waals surface area contributed by atoms with E-state index in [1.165, 1.54) is 16.8 Å². The minimum absolute atomic E-state index is 0.158. The molecule has 0 spiro atoms. The smallest absolute Gasteiger partial charge is 0.267 e. The minimum Gasteiger partial charge on any atom is -0.497 e. The van der Waals surface area contributed by atoms with E-state index >= 15 is 0 Å². The molecular formula is C27H27N5O5. The highest BCUT2D eigenvalue weighted by atomic mass is 16.5. The zero-order chi connectivity index (χ0) is 26.2. The van der Waals surface area contributed by atoms with Crippen LogP contribution < -0.4 is 25.9 Å². The van der Waals surface area contributed by atoms with Gasteiger partial charge in [0.2, 0.25) is 5.91 Å². The monoisotopic (exact) mass is 501 g/mol. The van der Waals surface area contributed by atoms with Crippen LogP contribution in [0.2, 0.25) is 0 Å². The highest BCUT2D eigenvalue weighted by molar-refractivity contribution is 5.75. The molecule has 0 unspecified atom stereocenters. The number of benzene rings is 2. The Morgan fingerprint density at radius 1 is 0.784 bits per heavy atom. The van der Waals surface area contributed by atoms with Crippen molar-refractivity contribution in [1.29, 1.82) is 0 Å². The Labute approximate surface area is 213 Å². The molecule has 1 N–H and O–H groups in total. The lowest BCUT2D eigenvalue weighted by atomic mass is 10.1. The van der Waals surface area contributed by atoms with E-state index < -0.39 is 11.5 Å². The normalized spacial score (nSPS) is 10.6. The summed E-state index contributed by atoms with van der Waals surface area (Å²) in [6.07, 6.45) is 0. The zero-order valence-corrected chi connectivity index (χ0v) is 20.6. The molecule has 0 bridgehead atoms. The van der Waals surface area contributed by atoms with Crippen LogP contribution in [0.5, 0.6) is 11.5 Å². The number of rotatable bonds is 10. The highest BCUT2D eigenvalue weighted by Gasteiger charge is 2.09. The molecule has 2 heterocycles. The maximum absolute atomic E-state index is 12.5. The first-order chi connectivity index (χ1) is 18.0. The van der Waals surface area contributed by atoms with Crippen molar-refractivity contribution in [3.63, 3.8) is 0 Å². The summed E-state index contributed by atoms with van der Waals surface area (Å²) in [6, 6.07) is 20.7. The van der Waals surface area contributed by atoms with Crippen LogP contribution in [-0.2, 0) is 17.9 Å². The van der Waals surface area contributed by atoms with E-state index in [1.807, 2.05) is 43.3 Å². The lowest BCUT2D eigenvalue weighted by molar-refractivity contribution is -0.121. The standard InChI is InChI=1S/C27H27N5O5/c1-3-37-22-10-6-20(7-11-22)23-12-14-26(34)31(29-23)17-16-28-25(33)18-32-27(35)15-13-24(30-32)19-4-8-21(36-2)9-5-19/h4-15H,3,16-18H2,1-2H3,(H,28,33). The minimum atomic E-state index is -0.405. The number of methoxy groups -OCH3 is 1. The van der Waals surface area contributed by atoms with Crippen LogP contribution in [0.3, 0.4) is 0 Å². The molecule has 10 nitrogen and oxygen atoms in total. The maximum atomic E-state index is 12.5. The van der Waals surface area contributed by atoms with Crippen molar-refractivity contribution in [2.45, 2.75) is 20.0 Å². The third kappa shape index (κ3) is 6.49. The van der Waals surface area contributed by atoms with Crippen LogP contribution in [0.15, 0.2) is 82.4 Å². The Bertz CT molecular complexity index is 1480. The molecule has 1 amide bonds. The number of hydrogen-bond donors (Lipinski definition) is 1. The van der Waals surface area contributed by atoms with Gasteiger partial charge >= 0.3 is 0 Å². The molecule has 0 aliphatic heterocycles. The summed E-state index contributed by atoms with van der Waals surface area (Å²) in [5.41, 5.74) is 2.12. The van der Waals surface area contributed by atoms with Crippen LogP contribution in [0.25, 0.3) is 22.5 Å². The number of aromatic nitrogens is 4. The van der Waals surface area contributed by atoms with Crippen molar-refractivity contribution in [3.05, 3.63) is 93.5 Å². The molecule has 2 aromatic heterocycles. The molecular weight excluding hydrogens is 474 g/mol. The first-order valence-corrected chi connectivity index (χ1v) is 11.8. The van der Waals surface area contributed by atoms with Crippen molar-refractivity contribution in [2.75, 3.05) is 20.3 Å². The third-order valence-corrected chi connectivity index (χ3v) is 5.52. The van der Waals surface area contributed by atoms with Crippen LogP contribution in [-0.4, -0.2) is 45.7 Å². The van der Waals surface area contributed by atoms with Crippen LogP contribution in [0.1, 0.15) is 6.92 Å². The Morgan fingerprint density at radius 2 is 1.32 bits per heavy atom. The van der Waals surface area contributed by atoms with Gasteiger partial charge in [-0.25, -0.2) is 9.36 Å². The third-order valence-electron chi connectivity index (χ3n) is 5.52. The summed E-state index contributed by atoms with van der Waals surface area (Å²) < 4.78 is 13.0. The highest BCUT2D eigenvalue weighted by Crippen LogP contribution is 2.20. The molecule has 190 valence electrons. The van der Waals surface area contributed by atoms with Gasteiger partial charge in [0.15, 0.2) is 0 Å². The molecule has 4 rings (SSSR count). The number of hydrogen-bond acceptors (Lipinski definition) is 7. The van der Waals surface area contributed by atoms with Gasteiger partial charge < -0.3 is 14.8 Å². The van der Waals surface area contributed by atoms with Gasteiger partial charge in [0.1, 0.15) is 18.0 Å². The van der Waals surface area contributed by atoms with Gasteiger partial charge in [-0.2, -0.15) is 10.2 Å². The summed E-state index contributed by atoms with van der Waals surface area (Å²) in [6.45, 7) is 2.57. The summed E-state index contributed by atoms with van der Waals surface area (Å²) in [5, 5.41) is 11.4. The number of nitrogens with zero attached hydrogens (tertiary/aromatic N) is 4. The molecule has 0 atom stereocenters. The molecule has 37 heavy (non-hydrogen) atoms. The second-order valence-electron chi connectivity index (χ2n) is 8.03. The topological polar surface area (TPSA) is 117 Å². The van der Waals surface area contributed by atoms with E-state index in [-0.39, 0.29) is 25.2 Å². The fourth-order valence-corrected chi connectivity index (χ4v) is 3.62. The van der Waals surface area contributed by atoms with Crippen molar-refractivity contribution < 1.29 is 14.3 Å². The zero-order valence-electron chi connectivity index (χ0n) is 20.6.